The highest BCUT2D eigenvalue weighted by atomic mass is 35.5. The summed E-state index contributed by atoms with van der Waals surface area (Å²) in [5.74, 6) is 1.97. The van der Waals surface area contributed by atoms with Gasteiger partial charge in [0.25, 0.3) is 6.01 Å². The van der Waals surface area contributed by atoms with Gasteiger partial charge in [-0.15, -0.1) is 0 Å². The fraction of sp³-hybridized carbons (Fsp3) is 0.235. The quantitative estimate of drug-likeness (QED) is 0.674. The van der Waals surface area contributed by atoms with Crippen molar-refractivity contribution in [3.8, 4) is 22.8 Å². The first-order chi connectivity index (χ1) is 12.1. The van der Waals surface area contributed by atoms with Crippen LogP contribution in [0.2, 0.25) is 5.28 Å². The van der Waals surface area contributed by atoms with Crippen molar-refractivity contribution in [3.05, 3.63) is 47.2 Å². The van der Waals surface area contributed by atoms with Gasteiger partial charge in [-0.2, -0.15) is 4.98 Å². The van der Waals surface area contributed by atoms with Crippen LogP contribution in [0.15, 0.2) is 34.9 Å². The predicted molar refractivity (Wildman–Crippen MR) is 93.9 cm³/mol. The van der Waals surface area contributed by atoms with Crippen LogP contribution < -0.4 is 15.2 Å². The molecule has 130 valence electrons. The lowest BCUT2D eigenvalue weighted by Gasteiger charge is -2.08. The van der Waals surface area contributed by atoms with Gasteiger partial charge in [-0.05, 0) is 36.2 Å². The molecule has 0 aliphatic rings. The van der Waals surface area contributed by atoms with Crippen molar-refractivity contribution < 1.29 is 13.9 Å². The number of nitrogens with two attached hydrogens (primary N) is 1. The summed E-state index contributed by atoms with van der Waals surface area (Å²) in [4.78, 5) is 12.3. The maximum Gasteiger partial charge on any atom is 0.292 e. The smallest absolute Gasteiger partial charge is 0.292 e. The Bertz CT molecular complexity index is 860. The van der Waals surface area contributed by atoms with Crippen LogP contribution >= 0.6 is 11.6 Å². The van der Waals surface area contributed by atoms with Crippen LogP contribution in [0.25, 0.3) is 11.3 Å². The number of oxazole rings is 1. The molecule has 7 nitrogen and oxygen atoms in total. The molecule has 0 bridgehead atoms. The number of ether oxygens (including phenoxy) is 2. The number of hydrogen-bond acceptors (Lipinski definition) is 7. The maximum atomic E-state index is 5.82. The number of nitrogen functional groups attached to an aromatic ring is 1. The zero-order valence-electron chi connectivity index (χ0n) is 13.8. The van der Waals surface area contributed by atoms with Gasteiger partial charge in [-0.3, -0.25) is 0 Å². The van der Waals surface area contributed by atoms with Crippen LogP contribution in [0.1, 0.15) is 11.5 Å². The number of aromatic nitrogens is 3. The average molecular weight is 361 g/mol. The molecule has 0 saturated heterocycles. The molecule has 3 aromatic rings. The lowest BCUT2D eigenvalue weighted by atomic mass is 10.1. The summed E-state index contributed by atoms with van der Waals surface area (Å²) >= 11 is 5.82. The summed E-state index contributed by atoms with van der Waals surface area (Å²) in [5.41, 5.74) is 8.02. The van der Waals surface area contributed by atoms with Crippen molar-refractivity contribution in [1.29, 1.82) is 0 Å². The Morgan fingerprint density at radius 3 is 2.44 bits per heavy atom. The summed E-state index contributed by atoms with van der Waals surface area (Å²) in [6.07, 6.45) is 2.80. The van der Waals surface area contributed by atoms with Gasteiger partial charge < -0.3 is 19.6 Å². The highest BCUT2D eigenvalue weighted by molar-refractivity contribution is 6.28. The number of halogens is 1. The minimum atomic E-state index is 0.104. The standard InChI is InChI=1S/C17H17ClN4O3/c1-23-12-7-10(8-13(9-12)24-2)15-14(25-17(19)22-15)4-3-11-5-6-20-16(18)21-11/h5-9H,3-4H2,1-2H3,(H2,19,22). The molecule has 0 unspecified atom stereocenters. The van der Waals surface area contributed by atoms with Gasteiger partial charge >= 0.3 is 0 Å². The van der Waals surface area contributed by atoms with Crippen molar-refractivity contribution in [3.63, 3.8) is 0 Å². The molecule has 0 spiro atoms. The molecule has 8 heteroatoms. The third-order valence-corrected chi connectivity index (χ3v) is 3.81. The molecule has 2 aromatic heterocycles. The van der Waals surface area contributed by atoms with Gasteiger partial charge in [0, 0.05) is 29.9 Å². The Morgan fingerprint density at radius 1 is 1.08 bits per heavy atom. The number of benzene rings is 1. The van der Waals surface area contributed by atoms with Crippen molar-refractivity contribution in [2.24, 2.45) is 0 Å². The molecule has 3 rings (SSSR count). The topological polar surface area (TPSA) is 96.3 Å². The van der Waals surface area contributed by atoms with Crippen LogP contribution in [-0.4, -0.2) is 29.2 Å². The van der Waals surface area contributed by atoms with E-state index in [1.165, 1.54) is 0 Å². The van der Waals surface area contributed by atoms with E-state index in [1.54, 1.807) is 32.5 Å². The minimum Gasteiger partial charge on any atom is -0.497 e. The average Bonchev–Trinajstić information content (AvgIpc) is 3.00. The fourth-order valence-electron chi connectivity index (χ4n) is 2.46. The Balaban J connectivity index is 1.90. The van der Waals surface area contributed by atoms with E-state index in [9.17, 15) is 0 Å². The maximum absolute atomic E-state index is 5.82. The molecular weight excluding hydrogens is 344 g/mol. The molecule has 1 aromatic carbocycles. The van der Waals surface area contributed by atoms with Crippen molar-refractivity contribution >= 4 is 17.6 Å². The first kappa shape index (κ1) is 17.0. The SMILES string of the molecule is COc1cc(OC)cc(-c2nc(N)oc2CCc2ccnc(Cl)n2)c1. The number of nitrogens with zero attached hydrogens (tertiary/aromatic N) is 3. The monoisotopic (exact) mass is 360 g/mol. The molecule has 25 heavy (non-hydrogen) atoms. The highest BCUT2D eigenvalue weighted by Crippen LogP contribution is 2.32. The summed E-state index contributed by atoms with van der Waals surface area (Å²) in [6, 6.07) is 7.40. The molecule has 0 saturated carbocycles. The number of rotatable bonds is 6. The van der Waals surface area contributed by atoms with E-state index < -0.39 is 0 Å². The van der Waals surface area contributed by atoms with E-state index >= 15 is 0 Å². The second-order valence-electron chi connectivity index (χ2n) is 5.24. The summed E-state index contributed by atoms with van der Waals surface area (Å²) in [5, 5.41) is 0.215. The summed E-state index contributed by atoms with van der Waals surface area (Å²) in [6.45, 7) is 0. The zero-order chi connectivity index (χ0) is 17.8. The third kappa shape index (κ3) is 4.00. The first-order valence-electron chi connectivity index (χ1n) is 7.55. The lowest BCUT2D eigenvalue weighted by molar-refractivity contribution is 0.394. The Labute approximate surface area is 149 Å². The number of anilines is 1. The Hall–Kier alpha value is -2.80. The molecule has 0 fully saturated rings. The molecule has 0 amide bonds. The van der Waals surface area contributed by atoms with Gasteiger partial charge in [0.05, 0.1) is 14.2 Å². The minimum absolute atomic E-state index is 0.104. The second-order valence-corrected chi connectivity index (χ2v) is 5.58. The van der Waals surface area contributed by atoms with Gasteiger partial charge in [0.2, 0.25) is 5.28 Å². The van der Waals surface area contributed by atoms with E-state index in [1.807, 2.05) is 12.1 Å². The van der Waals surface area contributed by atoms with Crippen LogP contribution in [0.4, 0.5) is 6.01 Å². The van der Waals surface area contributed by atoms with Gasteiger partial charge in [0.1, 0.15) is 23.0 Å². The van der Waals surface area contributed by atoms with E-state index in [0.29, 0.717) is 35.8 Å². The summed E-state index contributed by atoms with van der Waals surface area (Å²) in [7, 11) is 3.19. The van der Waals surface area contributed by atoms with Crippen LogP contribution in [0, 0.1) is 0 Å². The summed E-state index contributed by atoms with van der Waals surface area (Å²) < 4.78 is 16.2. The molecule has 0 radical (unpaired) electrons. The molecule has 2 heterocycles. The highest BCUT2D eigenvalue weighted by Gasteiger charge is 2.16. The zero-order valence-corrected chi connectivity index (χ0v) is 14.6. The lowest BCUT2D eigenvalue weighted by Crippen LogP contribution is -1.97. The normalized spacial score (nSPS) is 10.7. The Kier molecular flexibility index (Phi) is 5.04. The van der Waals surface area contributed by atoms with Crippen molar-refractivity contribution in [1.82, 2.24) is 15.0 Å². The second kappa shape index (κ2) is 7.40. The van der Waals surface area contributed by atoms with Crippen molar-refractivity contribution in [2.75, 3.05) is 20.0 Å². The third-order valence-electron chi connectivity index (χ3n) is 3.63. The number of aryl methyl sites for hydroxylation is 2. The van der Waals surface area contributed by atoms with Crippen molar-refractivity contribution in [2.45, 2.75) is 12.8 Å². The van der Waals surface area contributed by atoms with Crippen LogP contribution in [0.3, 0.4) is 0 Å². The van der Waals surface area contributed by atoms with E-state index in [2.05, 4.69) is 15.0 Å². The Morgan fingerprint density at radius 2 is 1.80 bits per heavy atom. The largest absolute Gasteiger partial charge is 0.497 e. The van der Waals surface area contributed by atoms with E-state index in [4.69, 9.17) is 31.2 Å². The van der Waals surface area contributed by atoms with Crippen LogP contribution in [-0.2, 0) is 12.8 Å². The predicted octanol–water partition coefficient (Wildman–Crippen LogP) is 3.17. The molecule has 0 aliphatic heterocycles. The van der Waals surface area contributed by atoms with Gasteiger partial charge in [0.15, 0.2) is 0 Å². The molecule has 0 atom stereocenters. The molecule has 0 aliphatic carbocycles. The van der Waals surface area contributed by atoms with Crippen LogP contribution in [0.5, 0.6) is 11.5 Å². The molecule has 2 N–H and O–H groups in total. The first-order valence-corrected chi connectivity index (χ1v) is 7.93. The number of hydrogen-bond donors (Lipinski definition) is 1. The number of methoxy groups -OCH3 is 2. The fourth-order valence-corrected chi connectivity index (χ4v) is 2.62. The van der Waals surface area contributed by atoms with E-state index in [0.717, 1.165) is 11.3 Å². The molecular formula is C17H17ClN4O3. The van der Waals surface area contributed by atoms with Gasteiger partial charge in [-0.25, -0.2) is 9.97 Å². The van der Waals surface area contributed by atoms with Gasteiger partial charge in [-0.1, -0.05) is 0 Å². The van der Waals surface area contributed by atoms with E-state index in [-0.39, 0.29) is 11.3 Å².